The Balaban J connectivity index is 2.77. The summed E-state index contributed by atoms with van der Waals surface area (Å²) in [6.45, 7) is 1.80. The first kappa shape index (κ1) is 9.38. The van der Waals surface area contributed by atoms with Crippen LogP contribution < -0.4 is 5.43 Å². The third kappa shape index (κ3) is 3.02. The molecular formula is C9H10FN3. The molecule has 0 atom stereocenters. The summed E-state index contributed by atoms with van der Waals surface area (Å²) in [7, 11) is 0. The van der Waals surface area contributed by atoms with Crippen LogP contribution in [0.3, 0.4) is 0 Å². The molecule has 13 heavy (non-hydrogen) atoms. The topological polar surface area (TPSA) is 48.2 Å². The molecular weight excluding hydrogens is 169 g/mol. The number of nitrogens with zero attached hydrogens (tertiary/aromatic N) is 1. The minimum Gasteiger partial charge on any atom is -0.307 e. The first-order valence-electron chi connectivity index (χ1n) is 3.77. The summed E-state index contributed by atoms with van der Waals surface area (Å²) >= 11 is 0. The average Bonchev–Trinajstić information content (AvgIpc) is 2.03. The van der Waals surface area contributed by atoms with E-state index in [1.807, 2.05) is 0 Å². The van der Waals surface area contributed by atoms with Gasteiger partial charge in [-0.1, -0.05) is 0 Å². The first-order chi connectivity index (χ1) is 6.22. The Morgan fingerprint density at radius 3 is 2.85 bits per heavy atom. The SMILES string of the molecule is Cc1cc(F)cc(N/N=C\C=N)c1. The Bertz CT molecular complexity index is 313. The molecule has 0 aromatic heterocycles. The quantitative estimate of drug-likeness (QED) is 0.542. The number of hydrogen-bond donors (Lipinski definition) is 2. The van der Waals surface area contributed by atoms with E-state index in [2.05, 4.69) is 10.5 Å². The van der Waals surface area contributed by atoms with E-state index >= 15 is 0 Å². The van der Waals surface area contributed by atoms with Gasteiger partial charge in [0.05, 0.1) is 11.9 Å². The van der Waals surface area contributed by atoms with E-state index in [0.717, 1.165) is 11.8 Å². The van der Waals surface area contributed by atoms with Crippen molar-refractivity contribution in [3.63, 3.8) is 0 Å². The number of anilines is 1. The number of rotatable bonds is 3. The summed E-state index contributed by atoms with van der Waals surface area (Å²) in [5.41, 5.74) is 4.01. The molecule has 1 aromatic carbocycles. The van der Waals surface area contributed by atoms with Crippen LogP contribution in [0.25, 0.3) is 0 Å². The smallest absolute Gasteiger partial charge is 0.125 e. The molecule has 0 aliphatic rings. The molecule has 0 saturated heterocycles. The Morgan fingerprint density at radius 2 is 2.23 bits per heavy atom. The van der Waals surface area contributed by atoms with E-state index in [0.29, 0.717) is 5.69 Å². The molecule has 0 amide bonds. The van der Waals surface area contributed by atoms with E-state index in [1.165, 1.54) is 18.3 Å². The van der Waals surface area contributed by atoms with E-state index in [1.54, 1.807) is 13.0 Å². The number of hydrogen-bond acceptors (Lipinski definition) is 3. The summed E-state index contributed by atoms with van der Waals surface area (Å²) in [6, 6.07) is 4.55. The lowest BCUT2D eigenvalue weighted by atomic mass is 10.2. The molecule has 0 heterocycles. The number of hydrazone groups is 1. The maximum Gasteiger partial charge on any atom is 0.125 e. The molecule has 0 radical (unpaired) electrons. The average molecular weight is 179 g/mol. The van der Waals surface area contributed by atoms with Crippen molar-refractivity contribution < 1.29 is 4.39 Å². The van der Waals surface area contributed by atoms with E-state index in [-0.39, 0.29) is 5.82 Å². The number of nitrogens with one attached hydrogen (secondary N) is 2. The van der Waals surface area contributed by atoms with Gasteiger partial charge in [0.25, 0.3) is 0 Å². The van der Waals surface area contributed by atoms with Crippen LogP contribution in [0.4, 0.5) is 10.1 Å². The van der Waals surface area contributed by atoms with Crippen LogP contribution >= 0.6 is 0 Å². The van der Waals surface area contributed by atoms with Crippen molar-refractivity contribution in [2.75, 3.05) is 5.43 Å². The first-order valence-corrected chi connectivity index (χ1v) is 3.77. The lowest BCUT2D eigenvalue weighted by molar-refractivity contribution is 0.627. The number of halogens is 1. The van der Waals surface area contributed by atoms with Crippen LogP contribution in [-0.2, 0) is 0 Å². The Labute approximate surface area is 75.8 Å². The summed E-state index contributed by atoms with van der Waals surface area (Å²) in [6.07, 6.45) is 2.32. The van der Waals surface area contributed by atoms with Crippen LogP contribution in [0.2, 0.25) is 0 Å². The van der Waals surface area contributed by atoms with Crippen LogP contribution in [0.1, 0.15) is 5.56 Å². The summed E-state index contributed by atoms with van der Waals surface area (Å²) in [4.78, 5) is 0. The van der Waals surface area contributed by atoms with Gasteiger partial charge in [0.1, 0.15) is 5.82 Å². The van der Waals surface area contributed by atoms with Gasteiger partial charge in [-0.05, 0) is 30.7 Å². The molecule has 0 aliphatic heterocycles. The zero-order valence-corrected chi connectivity index (χ0v) is 7.21. The number of aryl methyl sites for hydroxylation is 1. The zero-order chi connectivity index (χ0) is 9.68. The van der Waals surface area contributed by atoms with Gasteiger partial charge in [0, 0.05) is 6.21 Å². The molecule has 0 aliphatic carbocycles. The highest BCUT2D eigenvalue weighted by Crippen LogP contribution is 2.12. The van der Waals surface area contributed by atoms with Gasteiger partial charge in [-0.3, -0.25) is 5.43 Å². The second-order valence-electron chi connectivity index (χ2n) is 2.57. The van der Waals surface area contributed by atoms with Crippen molar-refractivity contribution in [1.29, 1.82) is 5.41 Å². The third-order valence-corrected chi connectivity index (χ3v) is 1.38. The van der Waals surface area contributed by atoms with Crippen molar-refractivity contribution in [1.82, 2.24) is 0 Å². The maximum absolute atomic E-state index is 12.8. The lowest BCUT2D eigenvalue weighted by Gasteiger charge is -2.00. The van der Waals surface area contributed by atoms with Crippen LogP contribution in [0, 0.1) is 18.2 Å². The van der Waals surface area contributed by atoms with E-state index in [4.69, 9.17) is 5.41 Å². The number of benzene rings is 1. The van der Waals surface area contributed by atoms with Crippen LogP contribution in [-0.4, -0.2) is 12.4 Å². The van der Waals surface area contributed by atoms with Gasteiger partial charge in [-0.25, -0.2) is 4.39 Å². The van der Waals surface area contributed by atoms with Crippen molar-refractivity contribution in [2.45, 2.75) is 6.92 Å². The van der Waals surface area contributed by atoms with Crippen LogP contribution in [0.15, 0.2) is 23.3 Å². The molecule has 0 saturated carbocycles. The second kappa shape index (κ2) is 4.35. The predicted molar refractivity (Wildman–Crippen MR) is 52.0 cm³/mol. The monoisotopic (exact) mass is 179 g/mol. The maximum atomic E-state index is 12.8. The van der Waals surface area contributed by atoms with Gasteiger partial charge in [-0.15, -0.1) is 0 Å². The minimum atomic E-state index is -0.299. The van der Waals surface area contributed by atoms with E-state index in [9.17, 15) is 4.39 Å². The fourth-order valence-electron chi connectivity index (χ4n) is 0.950. The van der Waals surface area contributed by atoms with Crippen molar-refractivity contribution in [2.24, 2.45) is 5.10 Å². The molecule has 0 spiro atoms. The molecule has 1 aromatic rings. The molecule has 0 unspecified atom stereocenters. The highest BCUT2D eigenvalue weighted by molar-refractivity contribution is 6.14. The third-order valence-electron chi connectivity index (χ3n) is 1.38. The largest absolute Gasteiger partial charge is 0.307 e. The van der Waals surface area contributed by atoms with Crippen molar-refractivity contribution in [3.8, 4) is 0 Å². The van der Waals surface area contributed by atoms with Crippen LogP contribution in [0.5, 0.6) is 0 Å². The molecule has 68 valence electrons. The van der Waals surface area contributed by atoms with Gasteiger partial charge in [0.2, 0.25) is 0 Å². The summed E-state index contributed by atoms with van der Waals surface area (Å²) < 4.78 is 12.8. The standard InChI is InChI=1S/C9H10FN3/c1-7-4-8(10)6-9(5-7)13-12-3-2-11/h2-6,11,13H,1H3/b11-2?,12-3-. The van der Waals surface area contributed by atoms with Gasteiger partial charge >= 0.3 is 0 Å². The predicted octanol–water partition coefficient (Wildman–Crippen LogP) is 2.18. The second-order valence-corrected chi connectivity index (χ2v) is 2.57. The van der Waals surface area contributed by atoms with E-state index < -0.39 is 0 Å². The molecule has 1 rings (SSSR count). The Kier molecular flexibility index (Phi) is 3.14. The molecule has 2 N–H and O–H groups in total. The Hall–Kier alpha value is -1.71. The van der Waals surface area contributed by atoms with Gasteiger partial charge < -0.3 is 5.41 Å². The molecule has 0 fully saturated rings. The van der Waals surface area contributed by atoms with Gasteiger partial charge in [-0.2, -0.15) is 5.10 Å². The zero-order valence-electron chi connectivity index (χ0n) is 7.21. The minimum absolute atomic E-state index is 0.299. The fraction of sp³-hybridized carbons (Fsp3) is 0.111. The Morgan fingerprint density at radius 1 is 1.46 bits per heavy atom. The normalized spacial score (nSPS) is 10.3. The lowest BCUT2D eigenvalue weighted by Crippen LogP contribution is -1.91. The van der Waals surface area contributed by atoms with Crippen molar-refractivity contribution >= 4 is 18.1 Å². The summed E-state index contributed by atoms with van der Waals surface area (Å²) in [5.74, 6) is -0.299. The molecule has 0 bridgehead atoms. The van der Waals surface area contributed by atoms with Gasteiger partial charge in [0.15, 0.2) is 0 Å². The highest BCUT2D eigenvalue weighted by Gasteiger charge is 1.95. The molecule has 4 heteroatoms. The molecule has 3 nitrogen and oxygen atoms in total. The van der Waals surface area contributed by atoms with Crippen molar-refractivity contribution in [3.05, 3.63) is 29.6 Å². The fourth-order valence-corrected chi connectivity index (χ4v) is 0.950. The summed E-state index contributed by atoms with van der Waals surface area (Å²) in [5, 5.41) is 10.3. The highest BCUT2D eigenvalue weighted by atomic mass is 19.1.